The Labute approximate surface area is 79.5 Å². The van der Waals surface area contributed by atoms with E-state index in [-0.39, 0.29) is 5.02 Å². The molecule has 0 unspecified atom stereocenters. The van der Waals surface area contributed by atoms with Crippen LogP contribution in [0.25, 0.3) is 0 Å². The van der Waals surface area contributed by atoms with Crippen molar-refractivity contribution in [1.82, 2.24) is 0 Å². The minimum atomic E-state index is -1.00. The molecule has 1 saturated carbocycles. The summed E-state index contributed by atoms with van der Waals surface area (Å²) in [6.07, 6.45) is 1.60. The summed E-state index contributed by atoms with van der Waals surface area (Å²) in [5, 5.41) is -0.202. The molecule has 0 radical (unpaired) electrons. The Hall–Kier alpha value is -0.670. The lowest BCUT2D eigenvalue weighted by molar-refractivity contribution is 0.505. The van der Waals surface area contributed by atoms with Crippen LogP contribution in [0.2, 0.25) is 5.02 Å². The topological polar surface area (TPSA) is 26.0 Å². The third-order valence-electron chi connectivity index (χ3n) is 2.35. The summed E-state index contributed by atoms with van der Waals surface area (Å²) in [6, 6.07) is 2.52. The summed E-state index contributed by atoms with van der Waals surface area (Å²) in [4.78, 5) is 0. The summed E-state index contributed by atoms with van der Waals surface area (Å²) in [6.45, 7) is 0. The van der Waals surface area contributed by atoms with Gasteiger partial charge in [-0.05, 0) is 30.5 Å². The van der Waals surface area contributed by atoms with E-state index >= 15 is 0 Å². The van der Waals surface area contributed by atoms with Crippen molar-refractivity contribution >= 4 is 11.6 Å². The number of hydrogen-bond acceptors (Lipinski definition) is 1. The van der Waals surface area contributed by atoms with E-state index in [0.717, 1.165) is 18.9 Å². The van der Waals surface area contributed by atoms with Gasteiger partial charge in [-0.3, -0.25) is 0 Å². The molecule has 1 aliphatic carbocycles. The van der Waals surface area contributed by atoms with Crippen LogP contribution in [0.3, 0.4) is 0 Å². The molecular formula is C9H8ClF2N. The first-order valence-electron chi connectivity index (χ1n) is 3.97. The van der Waals surface area contributed by atoms with E-state index in [1.807, 2.05) is 0 Å². The Morgan fingerprint density at radius 3 is 2.38 bits per heavy atom. The molecular weight excluding hydrogens is 196 g/mol. The largest absolute Gasteiger partial charge is 0.321 e. The molecule has 0 heterocycles. The highest BCUT2D eigenvalue weighted by atomic mass is 35.5. The van der Waals surface area contributed by atoms with Crippen LogP contribution in [0.1, 0.15) is 18.4 Å². The molecule has 2 N–H and O–H groups in total. The summed E-state index contributed by atoms with van der Waals surface area (Å²) >= 11 is 5.48. The second-order valence-corrected chi connectivity index (χ2v) is 3.82. The first-order chi connectivity index (χ1) is 6.03. The monoisotopic (exact) mass is 203 g/mol. The van der Waals surface area contributed by atoms with E-state index < -0.39 is 17.2 Å². The van der Waals surface area contributed by atoms with Crippen LogP contribution in [-0.2, 0) is 5.54 Å². The predicted molar refractivity (Wildman–Crippen MR) is 46.5 cm³/mol. The van der Waals surface area contributed by atoms with E-state index in [1.54, 1.807) is 0 Å². The van der Waals surface area contributed by atoms with Gasteiger partial charge in [0.2, 0.25) is 0 Å². The van der Waals surface area contributed by atoms with Gasteiger partial charge in [0.05, 0.1) is 5.02 Å². The fourth-order valence-electron chi connectivity index (χ4n) is 1.27. The highest BCUT2D eigenvalue weighted by Crippen LogP contribution is 2.43. The fraction of sp³-hybridized carbons (Fsp3) is 0.333. The van der Waals surface area contributed by atoms with Gasteiger partial charge in [0.15, 0.2) is 11.6 Å². The second kappa shape index (κ2) is 2.66. The van der Waals surface area contributed by atoms with Crippen LogP contribution in [0.4, 0.5) is 8.78 Å². The van der Waals surface area contributed by atoms with Gasteiger partial charge in [0.1, 0.15) is 0 Å². The van der Waals surface area contributed by atoms with Crippen molar-refractivity contribution in [2.75, 3.05) is 0 Å². The molecule has 2 rings (SSSR count). The number of halogens is 3. The molecule has 1 fully saturated rings. The van der Waals surface area contributed by atoms with Gasteiger partial charge >= 0.3 is 0 Å². The van der Waals surface area contributed by atoms with Crippen LogP contribution < -0.4 is 5.73 Å². The van der Waals surface area contributed by atoms with Crippen LogP contribution >= 0.6 is 11.6 Å². The Morgan fingerprint density at radius 1 is 1.31 bits per heavy atom. The first-order valence-corrected chi connectivity index (χ1v) is 4.35. The Bertz CT molecular complexity index is 338. The molecule has 0 bridgehead atoms. The summed E-state index contributed by atoms with van der Waals surface area (Å²) in [5.74, 6) is -1.94. The van der Waals surface area contributed by atoms with Crippen molar-refractivity contribution in [3.63, 3.8) is 0 Å². The molecule has 1 nitrogen and oxygen atoms in total. The van der Waals surface area contributed by atoms with Gasteiger partial charge in [-0.25, -0.2) is 8.78 Å². The van der Waals surface area contributed by atoms with Crippen LogP contribution in [-0.4, -0.2) is 0 Å². The van der Waals surface area contributed by atoms with Gasteiger partial charge in [-0.15, -0.1) is 0 Å². The zero-order chi connectivity index (χ0) is 9.64. The summed E-state index contributed by atoms with van der Waals surface area (Å²) in [5.41, 5.74) is 5.91. The number of hydrogen-bond donors (Lipinski definition) is 1. The minimum Gasteiger partial charge on any atom is -0.321 e. The summed E-state index contributed by atoms with van der Waals surface area (Å²) in [7, 11) is 0. The molecule has 1 aliphatic rings. The molecule has 0 spiro atoms. The molecule has 4 heteroatoms. The second-order valence-electron chi connectivity index (χ2n) is 3.41. The van der Waals surface area contributed by atoms with Gasteiger partial charge < -0.3 is 5.73 Å². The van der Waals surface area contributed by atoms with E-state index in [9.17, 15) is 8.78 Å². The van der Waals surface area contributed by atoms with E-state index in [0.29, 0.717) is 5.56 Å². The third kappa shape index (κ3) is 1.42. The predicted octanol–water partition coefficient (Wildman–Crippen LogP) is 2.57. The van der Waals surface area contributed by atoms with E-state index in [1.165, 1.54) is 6.07 Å². The Morgan fingerprint density at radius 2 is 1.92 bits per heavy atom. The van der Waals surface area contributed by atoms with E-state index in [2.05, 4.69) is 0 Å². The number of nitrogens with two attached hydrogens (primary N) is 1. The lowest BCUT2D eigenvalue weighted by Gasteiger charge is -2.09. The van der Waals surface area contributed by atoms with Crippen molar-refractivity contribution in [1.29, 1.82) is 0 Å². The van der Waals surface area contributed by atoms with Crippen LogP contribution in [0, 0.1) is 11.6 Å². The first kappa shape index (κ1) is 8.91. The lowest BCUT2D eigenvalue weighted by Crippen LogP contribution is -2.19. The fourth-order valence-corrected chi connectivity index (χ4v) is 1.47. The molecule has 0 saturated heterocycles. The van der Waals surface area contributed by atoms with E-state index in [4.69, 9.17) is 17.3 Å². The molecule has 70 valence electrons. The molecule has 0 aliphatic heterocycles. The normalized spacial score (nSPS) is 18.8. The number of benzene rings is 1. The van der Waals surface area contributed by atoms with Crippen molar-refractivity contribution in [2.45, 2.75) is 18.4 Å². The van der Waals surface area contributed by atoms with Gasteiger partial charge in [0.25, 0.3) is 0 Å². The zero-order valence-electron chi connectivity index (χ0n) is 6.78. The summed E-state index contributed by atoms with van der Waals surface area (Å²) < 4.78 is 25.7. The lowest BCUT2D eigenvalue weighted by atomic mass is 10.1. The highest BCUT2D eigenvalue weighted by molar-refractivity contribution is 6.30. The molecule has 1 aromatic carbocycles. The smallest absolute Gasteiger partial charge is 0.177 e. The van der Waals surface area contributed by atoms with Crippen molar-refractivity contribution < 1.29 is 8.78 Å². The molecule has 13 heavy (non-hydrogen) atoms. The average molecular weight is 204 g/mol. The highest BCUT2D eigenvalue weighted by Gasteiger charge is 2.40. The third-order valence-corrected chi connectivity index (χ3v) is 2.62. The van der Waals surface area contributed by atoms with Crippen molar-refractivity contribution in [3.8, 4) is 0 Å². The van der Waals surface area contributed by atoms with Crippen molar-refractivity contribution in [2.24, 2.45) is 5.73 Å². The van der Waals surface area contributed by atoms with Crippen LogP contribution in [0.5, 0.6) is 0 Å². The molecule has 0 aromatic heterocycles. The van der Waals surface area contributed by atoms with Crippen LogP contribution in [0.15, 0.2) is 12.1 Å². The molecule has 0 atom stereocenters. The molecule has 1 aromatic rings. The van der Waals surface area contributed by atoms with Gasteiger partial charge in [-0.2, -0.15) is 0 Å². The number of rotatable bonds is 1. The zero-order valence-corrected chi connectivity index (χ0v) is 7.54. The maximum Gasteiger partial charge on any atom is 0.177 e. The minimum absolute atomic E-state index is 0.202. The molecule has 0 amide bonds. The van der Waals surface area contributed by atoms with Gasteiger partial charge in [-0.1, -0.05) is 11.6 Å². The Kier molecular flexibility index (Phi) is 1.82. The maximum absolute atomic E-state index is 12.9. The quantitative estimate of drug-likeness (QED) is 0.698. The Balaban J connectivity index is 2.50. The SMILES string of the molecule is NC1(c2cc(F)c(F)c(Cl)c2)CC1. The maximum atomic E-state index is 12.9. The van der Waals surface area contributed by atoms with Gasteiger partial charge in [0, 0.05) is 5.54 Å². The standard InChI is InChI=1S/C9H8ClF2N/c10-6-3-5(9(13)1-2-9)4-7(11)8(6)12/h3-4H,1-2,13H2. The van der Waals surface area contributed by atoms with Crippen molar-refractivity contribution in [3.05, 3.63) is 34.4 Å². The average Bonchev–Trinajstić information content (AvgIpc) is 2.80.